The number of hydrogen-bond acceptors (Lipinski definition) is 2. The Morgan fingerprint density at radius 3 is 2.83 bits per heavy atom. The number of nitrogens with zero attached hydrogens (tertiary/aromatic N) is 1. The molecule has 18 heavy (non-hydrogen) atoms. The molecule has 3 heteroatoms. The average Bonchev–Trinajstić information content (AvgIpc) is 2.89. The minimum Gasteiger partial charge on any atom is -0.315 e. The van der Waals surface area contributed by atoms with Crippen LogP contribution in [0.5, 0.6) is 0 Å². The summed E-state index contributed by atoms with van der Waals surface area (Å²) in [4.78, 5) is 2.62. The fraction of sp³-hybridized carbons (Fsp3) is 0.600. The summed E-state index contributed by atoms with van der Waals surface area (Å²) in [5, 5.41) is 4.30. The van der Waals surface area contributed by atoms with E-state index in [9.17, 15) is 0 Å². The third kappa shape index (κ3) is 3.05. The minimum atomic E-state index is 0.485. The highest BCUT2D eigenvalue weighted by Crippen LogP contribution is 2.29. The summed E-state index contributed by atoms with van der Waals surface area (Å²) in [6.07, 6.45) is 2.38. The Bertz CT molecular complexity index is 375. The lowest BCUT2D eigenvalue weighted by Crippen LogP contribution is -2.39. The quantitative estimate of drug-likeness (QED) is 0.878. The lowest BCUT2D eigenvalue weighted by atomic mass is 10.0. The molecule has 1 aromatic carbocycles. The molecule has 0 amide bonds. The van der Waals surface area contributed by atoms with Crippen LogP contribution < -0.4 is 5.32 Å². The van der Waals surface area contributed by atoms with Crippen molar-refractivity contribution >= 4 is 11.6 Å². The van der Waals surface area contributed by atoms with Gasteiger partial charge in [-0.1, -0.05) is 37.6 Å². The van der Waals surface area contributed by atoms with Gasteiger partial charge in [-0.05, 0) is 43.6 Å². The normalized spacial score (nSPS) is 21.4. The van der Waals surface area contributed by atoms with Gasteiger partial charge in [0.15, 0.2) is 0 Å². The topological polar surface area (TPSA) is 15.3 Å². The van der Waals surface area contributed by atoms with Crippen molar-refractivity contribution in [1.29, 1.82) is 0 Å². The van der Waals surface area contributed by atoms with Crippen molar-refractivity contribution in [3.8, 4) is 0 Å². The molecule has 2 unspecified atom stereocenters. The first-order chi connectivity index (χ1) is 8.76. The molecular weight excluding hydrogens is 244 g/mol. The molecule has 100 valence electrons. The van der Waals surface area contributed by atoms with Gasteiger partial charge in [-0.25, -0.2) is 0 Å². The summed E-state index contributed by atoms with van der Waals surface area (Å²) in [5.74, 6) is 0. The Morgan fingerprint density at radius 2 is 2.28 bits per heavy atom. The SMILES string of the molecule is CCC(c1cccc(Cl)c1)N(CC)C1CCNC1. The maximum absolute atomic E-state index is 6.12. The summed E-state index contributed by atoms with van der Waals surface area (Å²) in [6.45, 7) is 7.87. The molecule has 1 heterocycles. The Hall–Kier alpha value is -0.570. The molecule has 0 bridgehead atoms. The van der Waals surface area contributed by atoms with Crippen LogP contribution in [-0.2, 0) is 0 Å². The molecule has 2 rings (SSSR count). The third-order valence-corrected chi connectivity index (χ3v) is 4.12. The second-order valence-electron chi connectivity index (χ2n) is 4.96. The van der Waals surface area contributed by atoms with Gasteiger partial charge in [0.25, 0.3) is 0 Å². The zero-order valence-corrected chi connectivity index (χ0v) is 12.1. The van der Waals surface area contributed by atoms with Crippen LogP contribution in [0.25, 0.3) is 0 Å². The van der Waals surface area contributed by atoms with Crippen LogP contribution in [0.15, 0.2) is 24.3 Å². The summed E-state index contributed by atoms with van der Waals surface area (Å²) >= 11 is 6.12. The van der Waals surface area contributed by atoms with Gasteiger partial charge in [-0.2, -0.15) is 0 Å². The predicted octanol–water partition coefficient (Wildman–Crippen LogP) is 3.47. The van der Waals surface area contributed by atoms with Crippen LogP contribution in [0.2, 0.25) is 5.02 Å². The zero-order valence-electron chi connectivity index (χ0n) is 11.3. The zero-order chi connectivity index (χ0) is 13.0. The van der Waals surface area contributed by atoms with E-state index in [4.69, 9.17) is 11.6 Å². The molecule has 1 aliphatic rings. The molecule has 0 radical (unpaired) electrons. The highest BCUT2D eigenvalue weighted by Gasteiger charge is 2.27. The van der Waals surface area contributed by atoms with Crippen molar-refractivity contribution in [3.63, 3.8) is 0 Å². The fourth-order valence-electron chi connectivity index (χ4n) is 3.03. The molecule has 1 aromatic rings. The van der Waals surface area contributed by atoms with E-state index in [-0.39, 0.29) is 0 Å². The summed E-state index contributed by atoms with van der Waals surface area (Å²) < 4.78 is 0. The van der Waals surface area contributed by atoms with Crippen LogP contribution in [0.1, 0.15) is 38.3 Å². The Kier molecular flexibility index (Phi) is 5.04. The largest absolute Gasteiger partial charge is 0.315 e. The molecular formula is C15H23ClN2. The van der Waals surface area contributed by atoms with E-state index in [0.717, 1.165) is 31.1 Å². The monoisotopic (exact) mass is 266 g/mol. The second-order valence-corrected chi connectivity index (χ2v) is 5.39. The fourth-order valence-corrected chi connectivity index (χ4v) is 3.23. The van der Waals surface area contributed by atoms with Gasteiger partial charge in [0.05, 0.1) is 0 Å². The van der Waals surface area contributed by atoms with E-state index in [1.807, 2.05) is 6.07 Å². The molecule has 0 aromatic heterocycles. The van der Waals surface area contributed by atoms with Gasteiger partial charge in [0.2, 0.25) is 0 Å². The lowest BCUT2D eigenvalue weighted by molar-refractivity contribution is 0.147. The van der Waals surface area contributed by atoms with Gasteiger partial charge in [0.1, 0.15) is 0 Å². The maximum atomic E-state index is 6.12. The summed E-state index contributed by atoms with van der Waals surface area (Å²) in [6, 6.07) is 9.47. The van der Waals surface area contributed by atoms with Crippen LogP contribution in [0.3, 0.4) is 0 Å². The first-order valence-corrected chi connectivity index (χ1v) is 7.36. The molecule has 0 saturated carbocycles. The van der Waals surface area contributed by atoms with Crippen molar-refractivity contribution in [2.75, 3.05) is 19.6 Å². The van der Waals surface area contributed by atoms with Crippen LogP contribution in [0, 0.1) is 0 Å². The molecule has 2 atom stereocenters. The van der Waals surface area contributed by atoms with Gasteiger partial charge in [-0.15, -0.1) is 0 Å². The summed E-state index contributed by atoms with van der Waals surface area (Å²) in [7, 11) is 0. The number of likely N-dealkylation sites (N-methyl/N-ethyl adjacent to an activating group) is 1. The van der Waals surface area contributed by atoms with Crippen LogP contribution in [-0.4, -0.2) is 30.6 Å². The van der Waals surface area contributed by atoms with Crippen molar-refractivity contribution in [2.45, 2.75) is 38.8 Å². The van der Waals surface area contributed by atoms with Crippen LogP contribution in [0.4, 0.5) is 0 Å². The number of benzene rings is 1. The Morgan fingerprint density at radius 1 is 1.44 bits per heavy atom. The van der Waals surface area contributed by atoms with Crippen LogP contribution >= 0.6 is 11.6 Å². The molecule has 0 spiro atoms. The van der Waals surface area contributed by atoms with E-state index in [2.05, 4.69) is 42.3 Å². The summed E-state index contributed by atoms with van der Waals surface area (Å²) in [5.41, 5.74) is 1.35. The number of halogens is 1. The maximum Gasteiger partial charge on any atom is 0.0409 e. The molecule has 1 N–H and O–H groups in total. The first-order valence-electron chi connectivity index (χ1n) is 6.98. The number of rotatable bonds is 5. The van der Waals surface area contributed by atoms with Gasteiger partial charge >= 0.3 is 0 Å². The second kappa shape index (κ2) is 6.55. The lowest BCUT2D eigenvalue weighted by Gasteiger charge is -2.35. The van der Waals surface area contributed by atoms with E-state index < -0.39 is 0 Å². The molecule has 1 fully saturated rings. The van der Waals surface area contributed by atoms with E-state index in [1.165, 1.54) is 12.0 Å². The number of nitrogens with one attached hydrogen (secondary N) is 1. The minimum absolute atomic E-state index is 0.485. The average molecular weight is 267 g/mol. The molecule has 2 nitrogen and oxygen atoms in total. The van der Waals surface area contributed by atoms with Gasteiger partial charge < -0.3 is 5.32 Å². The van der Waals surface area contributed by atoms with E-state index in [1.54, 1.807) is 0 Å². The van der Waals surface area contributed by atoms with Crippen molar-refractivity contribution in [1.82, 2.24) is 10.2 Å². The molecule has 0 aliphatic carbocycles. The highest BCUT2D eigenvalue weighted by molar-refractivity contribution is 6.30. The first kappa shape index (κ1) is 13.9. The Balaban J connectivity index is 2.19. The standard InChI is InChI=1S/C15H23ClN2/c1-3-15(12-6-5-7-13(16)10-12)18(4-2)14-8-9-17-11-14/h5-7,10,14-15,17H,3-4,8-9,11H2,1-2H3. The van der Waals surface area contributed by atoms with Gasteiger partial charge in [0, 0.05) is 23.7 Å². The highest BCUT2D eigenvalue weighted by atomic mass is 35.5. The van der Waals surface area contributed by atoms with Crippen molar-refractivity contribution < 1.29 is 0 Å². The van der Waals surface area contributed by atoms with Gasteiger partial charge in [-0.3, -0.25) is 4.90 Å². The third-order valence-electron chi connectivity index (χ3n) is 3.89. The number of hydrogen-bond donors (Lipinski definition) is 1. The van der Waals surface area contributed by atoms with Crippen molar-refractivity contribution in [2.24, 2.45) is 0 Å². The van der Waals surface area contributed by atoms with E-state index >= 15 is 0 Å². The Labute approximate surface area is 115 Å². The van der Waals surface area contributed by atoms with Crippen molar-refractivity contribution in [3.05, 3.63) is 34.9 Å². The molecule has 1 saturated heterocycles. The van der Waals surface area contributed by atoms with E-state index in [0.29, 0.717) is 12.1 Å². The molecule has 1 aliphatic heterocycles. The smallest absolute Gasteiger partial charge is 0.0409 e. The predicted molar refractivity (Wildman–Crippen MR) is 78.1 cm³/mol.